The second-order valence-corrected chi connectivity index (χ2v) is 7.69. The molecule has 7 nitrogen and oxygen atoms in total. The van der Waals surface area contributed by atoms with Crippen molar-refractivity contribution in [2.75, 3.05) is 13.1 Å². The van der Waals surface area contributed by atoms with E-state index in [-0.39, 0.29) is 5.91 Å². The monoisotopic (exact) mass is 398 g/mol. The zero-order valence-corrected chi connectivity index (χ0v) is 16.5. The van der Waals surface area contributed by atoms with Crippen molar-refractivity contribution in [1.82, 2.24) is 29.8 Å². The summed E-state index contributed by atoms with van der Waals surface area (Å²) in [7, 11) is 0. The maximum absolute atomic E-state index is 13.1. The summed E-state index contributed by atoms with van der Waals surface area (Å²) in [4.78, 5) is 35.9. The van der Waals surface area contributed by atoms with Crippen molar-refractivity contribution in [2.24, 2.45) is 5.92 Å². The van der Waals surface area contributed by atoms with Gasteiger partial charge in [0.15, 0.2) is 5.82 Å². The molecule has 4 heterocycles. The van der Waals surface area contributed by atoms with E-state index in [1.165, 1.54) is 0 Å². The topological polar surface area (TPSA) is 87.7 Å². The number of amides is 1. The van der Waals surface area contributed by atoms with E-state index in [9.17, 15) is 4.79 Å². The van der Waals surface area contributed by atoms with E-state index in [2.05, 4.69) is 19.9 Å². The van der Waals surface area contributed by atoms with Crippen LogP contribution in [-0.2, 0) is 6.42 Å². The second-order valence-electron chi connectivity index (χ2n) is 7.69. The maximum atomic E-state index is 13.1. The number of H-pyrrole nitrogens is 1. The molecule has 0 aliphatic carbocycles. The third-order valence-corrected chi connectivity index (χ3v) is 5.55. The lowest BCUT2D eigenvalue weighted by molar-refractivity contribution is 0.0667. The van der Waals surface area contributed by atoms with Crippen molar-refractivity contribution in [3.8, 4) is 11.5 Å². The summed E-state index contributed by atoms with van der Waals surface area (Å²) in [5.41, 5.74) is 3.02. The van der Waals surface area contributed by atoms with Crippen molar-refractivity contribution in [3.05, 3.63) is 72.6 Å². The number of hydrogen-bond acceptors (Lipinski definition) is 5. The first-order valence-electron chi connectivity index (χ1n) is 10.2. The molecule has 1 aliphatic rings. The Bertz CT molecular complexity index is 1170. The fourth-order valence-electron chi connectivity index (χ4n) is 4.08. The molecule has 150 valence electrons. The van der Waals surface area contributed by atoms with Crippen molar-refractivity contribution in [3.63, 3.8) is 0 Å². The van der Waals surface area contributed by atoms with Gasteiger partial charge in [0.25, 0.3) is 5.91 Å². The molecule has 1 amide bonds. The Labute approximate surface area is 174 Å². The van der Waals surface area contributed by atoms with Gasteiger partial charge in [0.2, 0.25) is 0 Å². The molecule has 1 atom stereocenters. The van der Waals surface area contributed by atoms with Gasteiger partial charge in [0.05, 0.1) is 17.4 Å². The summed E-state index contributed by atoms with van der Waals surface area (Å²) in [6.45, 7) is 1.47. The molecule has 0 unspecified atom stereocenters. The number of imidazole rings is 1. The molecule has 1 saturated heterocycles. The minimum absolute atomic E-state index is 0.000809. The average Bonchev–Trinajstić information content (AvgIpc) is 3.34. The highest BCUT2D eigenvalue weighted by atomic mass is 16.2. The van der Waals surface area contributed by atoms with Gasteiger partial charge in [-0.15, -0.1) is 0 Å². The van der Waals surface area contributed by atoms with Crippen LogP contribution in [0, 0.1) is 5.92 Å². The van der Waals surface area contributed by atoms with Crippen LogP contribution < -0.4 is 0 Å². The molecule has 1 aliphatic heterocycles. The highest BCUT2D eigenvalue weighted by Gasteiger charge is 2.26. The molecule has 0 saturated carbocycles. The van der Waals surface area contributed by atoms with Gasteiger partial charge in [-0.25, -0.2) is 15.0 Å². The molecule has 4 aromatic rings. The Morgan fingerprint density at radius 2 is 2.07 bits per heavy atom. The number of para-hydroxylation sites is 1. The largest absolute Gasteiger partial charge is 0.343 e. The van der Waals surface area contributed by atoms with Gasteiger partial charge in [0, 0.05) is 37.1 Å². The van der Waals surface area contributed by atoms with Crippen molar-refractivity contribution < 1.29 is 4.79 Å². The van der Waals surface area contributed by atoms with Crippen LogP contribution in [0.25, 0.3) is 22.4 Å². The van der Waals surface area contributed by atoms with Crippen molar-refractivity contribution in [2.45, 2.75) is 19.3 Å². The number of carbonyl (C=O) groups is 1. The number of fused-ring (bicyclic) bond motifs is 1. The lowest BCUT2D eigenvalue weighted by Crippen LogP contribution is -2.40. The Balaban J connectivity index is 1.30. The number of hydrogen-bond donors (Lipinski definition) is 1. The molecular weight excluding hydrogens is 376 g/mol. The molecule has 1 fully saturated rings. The first-order valence-corrected chi connectivity index (χ1v) is 10.2. The van der Waals surface area contributed by atoms with Crippen molar-refractivity contribution >= 4 is 16.8 Å². The Hall–Kier alpha value is -3.61. The third kappa shape index (κ3) is 3.78. The van der Waals surface area contributed by atoms with E-state index in [0.717, 1.165) is 48.1 Å². The van der Waals surface area contributed by atoms with Crippen LogP contribution in [0.4, 0.5) is 0 Å². The van der Waals surface area contributed by atoms with Crippen LogP contribution in [0.1, 0.15) is 29.0 Å². The zero-order valence-electron chi connectivity index (χ0n) is 16.5. The number of aromatic nitrogens is 5. The smallest absolute Gasteiger partial charge is 0.272 e. The summed E-state index contributed by atoms with van der Waals surface area (Å²) >= 11 is 0. The first kappa shape index (κ1) is 18.4. The number of carbonyl (C=O) groups excluding carboxylic acids is 1. The molecule has 0 spiro atoms. The maximum Gasteiger partial charge on any atom is 0.272 e. The molecule has 1 N–H and O–H groups in total. The summed E-state index contributed by atoms with van der Waals surface area (Å²) in [6.07, 6.45) is 9.83. The van der Waals surface area contributed by atoms with E-state index in [1.807, 2.05) is 41.3 Å². The Morgan fingerprint density at radius 3 is 2.97 bits per heavy atom. The van der Waals surface area contributed by atoms with Gasteiger partial charge in [-0.1, -0.05) is 24.3 Å². The number of nitrogens with one attached hydrogen (secondary N) is 1. The number of benzene rings is 1. The predicted octanol–water partition coefficient (Wildman–Crippen LogP) is 3.51. The van der Waals surface area contributed by atoms with E-state index >= 15 is 0 Å². The fraction of sp³-hybridized carbons (Fsp3) is 0.261. The van der Waals surface area contributed by atoms with Gasteiger partial charge < -0.3 is 9.88 Å². The Kier molecular flexibility index (Phi) is 4.93. The molecule has 7 heteroatoms. The van der Waals surface area contributed by atoms with E-state index in [1.54, 1.807) is 24.8 Å². The van der Waals surface area contributed by atoms with Gasteiger partial charge in [-0.2, -0.15) is 0 Å². The minimum Gasteiger partial charge on any atom is -0.343 e. The van der Waals surface area contributed by atoms with Gasteiger partial charge in [-0.3, -0.25) is 9.78 Å². The summed E-state index contributed by atoms with van der Waals surface area (Å²) in [5, 5.41) is 1.04. The third-order valence-electron chi connectivity index (χ3n) is 5.55. The van der Waals surface area contributed by atoms with Crippen LogP contribution >= 0.6 is 0 Å². The van der Waals surface area contributed by atoms with E-state index < -0.39 is 0 Å². The van der Waals surface area contributed by atoms with Crippen LogP contribution in [0.2, 0.25) is 0 Å². The molecular formula is C23H22N6O. The highest BCUT2D eigenvalue weighted by Crippen LogP contribution is 2.23. The van der Waals surface area contributed by atoms with Gasteiger partial charge >= 0.3 is 0 Å². The molecule has 3 aromatic heterocycles. The number of piperidine rings is 1. The first-order chi connectivity index (χ1) is 14.8. The molecule has 1 aromatic carbocycles. The lowest BCUT2D eigenvalue weighted by atomic mass is 9.93. The predicted molar refractivity (Wildman–Crippen MR) is 114 cm³/mol. The number of nitrogens with zero attached hydrogens (tertiary/aromatic N) is 5. The quantitative estimate of drug-likeness (QED) is 0.568. The van der Waals surface area contributed by atoms with Crippen LogP contribution in [0.5, 0.6) is 0 Å². The summed E-state index contributed by atoms with van der Waals surface area (Å²) in [6, 6.07) is 11.7. The number of likely N-dealkylation sites (tertiary alicyclic amines) is 1. The van der Waals surface area contributed by atoms with E-state index in [0.29, 0.717) is 24.0 Å². The SMILES string of the molecule is O=C(c1ccc2ccccc2n1)N1CCC[C@H](Cc2cncc(-c3ncc[nH]3)n2)C1. The lowest BCUT2D eigenvalue weighted by Gasteiger charge is -2.32. The van der Waals surface area contributed by atoms with Crippen LogP contribution in [-0.4, -0.2) is 48.8 Å². The molecule has 5 rings (SSSR count). The zero-order chi connectivity index (χ0) is 20.3. The molecule has 30 heavy (non-hydrogen) atoms. The average molecular weight is 398 g/mol. The summed E-state index contributed by atoms with van der Waals surface area (Å²) < 4.78 is 0. The normalized spacial score (nSPS) is 16.7. The second kappa shape index (κ2) is 8.02. The summed E-state index contributed by atoms with van der Waals surface area (Å²) in [5.74, 6) is 1.07. The van der Waals surface area contributed by atoms with Crippen LogP contribution in [0.15, 0.2) is 61.2 Å². The Morgan fingerprint density at radius 1 is 1.13 bits per heavy atom. The number of pyridine rings is 1. The molecule has 0 bridgehead atoms. The number of rotatable bonds is 4. The fourth-order valence-corrected chi connectivity index (χ4v) is 4.08. The van der Waals surface area contributed by atoms with Gasteiger partial charge in [0.1, 0.15) is 11.4 Å². The highest BCUT2D eigenvalue weighted by molar-refractivity contribution is 5.95. The molecule has 0 radical (unpaired) electrons. The standard InChI is InChI=1S/C23H22N6O/c30-23(20-8-7-17-5-1-2-6-19(17)28-20)29-11-3-4-16(15-29)12-18-13-24-14-21(27-18)22-25-9-10-26-22/h1-2,5-10,13-14,16H,3-4,11-12,15H2,(H,25,26)/t16-/m1/s1. The van der Waals surface area contributed by atoms with E-state index in [4.69, 9.17) is 4.98 Å². The minimum atomic E-state index is 0.000809. The van der Waals surface area contributed by atoms with Crippen molar-refractivity contribution in [1.29, 1.82) is 0 Å². The number of aromatic amines is 1. The van der Waals surface area contributed by atoms with Gasteiger partial charge in [-0.05, 0) is 37.3 Å². The van der Waals surface area contributed by atoms with Crippen LogP contribution in [0.3, 0.4) is 0 Å².